The maximum absolute atomic E-state index is 12.0. The number of carbonyl (C=O) groups is 1. The van der Waals surface area contributed by atoms with Gasteiger partial charge in [0.2, 0.25) is 0 Å². The maximum Gasteiger partial charge on any atom is 0.261 e. The van der Waals surface area contributed by atoms with E-state index >= 15 is 0 Å². The zero-order valence-electron chi connectivity index (χ0n) is 42.7. The number of hydrogen-bond donors (Lipinski definition) is 0. The van der Waals surface area contributed by atoms with Crippen LogP contribution in [0, 0.1) is 19.3 Å². The molecule has 6 aromatic rings. The van der Waals surface area contributed by atoms with Gasteiger partial charge in [0.15, 0.2) is 0 Å². The molecule has 1 aliphatic rings. The normalized spacial score (nSPS) is 15.2. The molecule has 0 fully saturated rings. The molecule has 7 rings (SSSR count). The van der Waals surface area contributed by atoms with Gasteiger partial charge in [0.25, 0.3) is 16.6 Å². The number of aryl methyl sites for hydroxylation is 2. The molecule has 0 saturated carbocycles. The van der Waals surface area contributed by atoms with Crippen molar-refractivity contribution in [2.45, 2.75) is 97.1 Å². The van der Waals surface area contributed by atoms with Crippen LogP contribution < -0.4 is 25.6 Å². The Hall–Kier alpha value is -5.29. The highest BCUT2D eigenvalue weighted by Crippen LogP contribution is 2.49. The van der Waals surface area contributed by atoms with Gasteiger partial charge >= 0.3 is 0 Å². The molecular weight excluding hydrogens is 895 g/mol. The molecular formula is C62H73NO3SSi2. The van der Waals surface area contributed by atoms with Gasteiger partial charge in [-0.25, -0.2) is 0 Å². The molecule has 0 N–H and O–H groups in total. The van der Waals surface area contributed by atoms with Gasteiger partial charge in [-0.1, -0.05) is 231 Å². The minimum absolute atomic E-state index is 0.0246. The van der Waals surface area contributed by atoms with Crippen LogP contribution in [0.15, 0.2) is 197 Å². The van der Waals surface area contributed by atoms with Crippen LogP contribution in [-0.4, -0.2) is 49.2 Å². The Labute approximate surface area is 420 Å². The molecule has 0 spiro atoms. The molecule has 1 aliphatic carbocycles. The molecule has 69 heavy (non-hydrogen) atoms. The Morgan fingerprint density at radius 3 is 1.38 bits per heavy atom. The monoisotopic (exact) mass is 967 g/mol. The lowest BCUT2D eigenvalue weighted by molar-refractivity contribution is -0.104. The number of hydrogen-bond acceptors (Lipinski definition) is 5. The Bertz CT molecular complexity index is 2510. The average Bonchev–Trinajstić information content (AvgIpc) is 3.32. The van der Waals surface area contributed by atoms with E-state index in [0.717, 1.165) is 36.0 Å². The van der Waals surface area contributed by atoms with Crippen LogP contribution in [0.3, 0.4) is 0 Å². The van der Waals surface area contributed by atoms with E-state index in [-0.39, 0.29) is 15.5 Å². The van der Waals surface area contributed by atoms with Gasteiger partial charge in [0.05, 0.1) is 13.2 Å². The summed E-state index contributed by atoms with van der Waals surface area (Å²) < 4.78 is 15.0. The third kappa shape index (κ3) is 11.7. The number of anilines is 1. The van der Waals surface area contributed by atoms with Gasteiger partial charge in [-0.3, -0.25) is 4.79 Å². The van der Waals surface area contributed by atoms with E-state index in [2.05, 4.69) is 250 Å². The van der Waals surface area contributed by atoms with E-state index in [4.69, 9.17) is 8.85 Å². The minimum Gasteiger partial charge on any atom is -0.406 e. The molecule has 0 unspecified atom stereocenters. The first-order valence-electron chi connectivity index (χ1n) is 24.6. The summed E-state index contributed by atoms with van der Waals surface area (Å²) in [6.45, 7) is 25.5. The number of carbonyl (C=O) groups excluding carboxylic acids is 1. The van der Waals surface area contributed by atoms with E-state index in [1.54, 1.807) is 6.08 Å². The molecule has 0 amide bonds. The zero-order valence-corrected chi connectivity index (χ0v) is 45.5. The summed E-state index contributed by atoms with van der Waals surface area (Å²) in [5, 5.41) is 4.85. The SMILES string of the molecule is Cc1cccc(C)c1SC1=C(/C=C/c2ccc(N(CCO[Si](c3ccccc3)(c3ccccc3)C(C)(C)C)CCO[Si](c3ccccc3)(c3ccccc3)C(C)(C)C)cc2)CC(C)(C)C/C1=C\C=O. The van der Waals surface area contributed by atoms with Crippen LogP contribution in [-0.2, 0) is 13.6 Å². The molecule has 6 aromatic carbocycles. The molecule has 0 bridgehead atoms. The predicted octanol–water partition coefficient (Wildman–Crippen LogP) is 13.3. The topological polar surface area (TPSA) is 38.8 Å². The van der Waals surface area contributed by atoms with Crippen LogP contribution in [0.1, 0.15) is 84.9 Å². The van der Waals surface area contributed by atoms with Crippen molar-refractivity contribution in [1.82, 2.24) is 0 Å². The van der Waals surface area contributed by atoms with Crippen LogP contribution in [0.4, 0.5) is 5.69 Å². The van der Waals surface area contributed by atoms with Crippen molar-refractivity contribution in [3.05, 3.63) is 209 Å². The smallest absolute Gasteiger partial charge is 0.261 e. The van der Waals surface area contributed by atoms with Crippen LogP contribution in [0.25, 0.3) is 6.08 Å². The lowest BCUT2D eigenvalue weighted by Gasteiger charge is -2.44. The molecule has 7 heteroatoms. The van der Waals surface area contributed by atoms with Crippen LogP contribution >= 0.6 is 11.8 Å². The minimum atomic E-state index is -2.77. The van der Waals surface area contributed by atoms with Crippen LogP contribution in [0.2, 0.25) is 10.1 Å². The summed E-state index contributed by atoms with van der Waals surface area (Å²) in [5.74, 6) is 0. The fraction of sp³-hybridized carbons (Fsp3) is 0.306. The highest BCUT2D eigenvalue weighted by molar-refractivity contribution is 8.03. The first kappa shape index (κ1) is 51.6. The summed E-state index contributed by atoms with van der Waals surface area (Å²) in [4.78, 5) is 16.9. The predicted molar refractivity (Wildman–Crippen MR) is 301 cm³/mol. The second-order valence-corrected chi connectivity index (χ2v) is 31.1. The van der Waals surface area contributed by atoms with Gasteiger partial charge < -0.3 is 13.8 Å². The highest BCUT2D eigenvalue weighted by Gasteiger charge is 2.51. The summed E-state index contributed by atoms with van der Waals surface area (Å²) in [7, 11) is -5.55. The van der Waals surface area contributed by atoms with E-state index < -0.39 is 16.6 Å². The molecule has 0 aromatic heterocycles. The van der Waals surface area contributed by atoms with Crippen molar-refractivity contribution < 1.29 is 13.6 Å². The third-order valence-electron chi connectivity index (χ3n) is 13.7. The zero-order chi connectivity index (χ0) is 49.3. The number of allylic oxidation sites excluding steroid dienone is 4. The largest absolute Gasteiger partial charge is 0.406 e. The summed E-state index contributed by atoms with van der Waals surface area (Å²) >= 11 is 1.81. The molecule has 4 nitrogen and oxygen atoms in total. The Morgan fingerprint density at radius 1 is 0.565 bits per heavy atom. The number of thioether (sulfide) groups is 1. The quantitative estimate of drug-likeness (QED) is 0.0487. The van der Waals surface area contributed by atoms with Crippen molar-refractivity contribution in [2.24, 2.45) is 5.41 Å². The van der Waals surface area contributed by atoms with Gasteiger partial charge in [0, 0.05) is 28.6 Å². The second kappa shape index (κ2) is 22.2. The number of aldehydes is 1. The lowest BCUT2D eigenvalue weighted by atomic mass is 9.75. The van der Waals surface area contributed by atoms with Crippen molar-refractivity contribution in [3.63, 3.8) is 0 Å². The fourth-order valence-corrected chi connectivity index (χ4v) is 20.8. The third-order valence-corrected chi connectivity index (χ3v) is 25.4. The van der Waals surface area contributed by atoms with E-state index in [9.17, 15) is 4.79 Å². The standard InChI is InChI=1S/C62H73NO3SSi2/c1-48-24-23-25-49(2)58(48)67-59-51(46-62(9,10)47-52(59)40-43-64)37-34-50-35-38-53(39-36-50)63(41-44-65-68(60(3,4)5,54-26-15-11-16-27-54)55-28-17-12-18-29-55)42-45-66-69(61(6,7)8,56-30-19-13-20-31-56)57-32-21-14-22-33-57/h11-40,43H,41-42,44-47H2,1-10H3/b37-34+,52-40+. The summed E-state index contributed by atoms with van der Waals surface area (Å²) in [5.41, 5.74) is 7.15. The Balaban J connectivity index is 1.24. The first-order valence-corrected chi connectivity index (χ1v) is 29.3. The molecule has 0 atom stereocenters. The fourth-order valence-electron chi connectivity index (χ4n) is 10.5. The number of rotatable bonds is 18. The molecule has 0 radical (unpaired) electrons. The van der Waals surface area contributed by atoms with Crippen molar-refractivity contribution in [1.29, 1.82) is 0 Å². The number of nitrogens with zero attached hydrogens (tertiary/aromatic N) is 1. The molecule has 0 heterocycles. The molecule has 0 saturated heterocycles. The highest BCUT2D eigenvalue weighted by atomic mass is 32.2. The van der Waals surface area contributed by atoms with E-state index in [0.29, 0.717) is 26.3 Å². The molecule has 0 aliphatic heterocycles. The van der Waals surface area contributed by atoms with Crippen molar-refractivity contribution >= 4 is 67.2 Å². The van der Waals surface area contributed by atoms with Crippen LogP contribution in [0.5, 0.6) is 0 Å². The maximum atomic E-state index is 12.0. The van der Waals surface area contributed by atoms with E-state index in [1.807, 2.05) is 11.8 Å². The Morgan fingerprint density at radius 2 is 0.986 bits per heavy atom. The average molecular weight is 969 g/mol. The van der Waals surface area contributed by atoms with Crippen molar-refractivity contribution in [3.8, 4) is 0 Å². The van der Waals surface area contributed by atoms with Gasteiger partial charge in [0.1, 0.15) is 6.29 Å². The van der Waals surface area contributed by atoms with Gasteiger partial charge in [-0.15, -0.1) is 0 Å². The van der Waals surface area contributed by atoms with Gasteiger partial charge in [-0.2, -0.15) is 0 Å². The Kier molecular flexibility index (Phi) is 16.6. The summed E-state index contributed by atoms with van der Waals surface area (Å²) in [6.07, 6.45) is 9.05. The van der Waals surface area contributed by atoms with E-state index in [1.165, 1.54) is 47.2 Å². The lowest BCUT2D eigenvalue weighted by Crippen LogP contribution is -2.67. The molecule has 358 valence electrons. The van der Waals surface area contributed by atoms with Crippen molar-refractivity contribution in [2.75, 3.05) is 31.2 Å². The number of benzene rings is 6. The first-order chi connectivity index (χ1) is 33.0. The summed E-state index contributed by atoms with van der Waals surface area (Å²) in [6, 6.07) is 59.2. The van der Waals surface area contributed by atoms with Gasteiger partial charge in [-0.05, 0) is 109 Å². The second-order valence-electron chi connectivity index (χ2n) is 21.5.